The first kappa shape index (κ1) is 9.97. The summed E-state index contributed by atoms with van der Waals surface area (Å²) in [5.74, 6) is -1.24. The number of likely N-dealkylation sites (N-methyl/N-ethyl adjacent to an activating group) is 1. The molecule has 0 bridgehead atoms. The van der Waals surface area contributed by atoms with E-state index in [2.05, 4.69) is 20.0 Å². The molecule has 7 heteroatoms. The van der Waals surface area contributed by atoms with Crippen molar-refractivity contribution in [1.29, 1.82) is 0 Å². The van der Waals surface area contributed by atoms with Crippen LogP contribution in [0.15, 0.2) is 4.52 Å². The van der Waals surface area contributed by atoms with Crippen LogP contribution in [0.5, 0.6) is 0 Å². The minimum atomic E-state index is -4.53. The average molecular weight is 195 g/mol. The van der Waals surface area contributed by atoms with Gasteiger partial charge in [-0.2, -0.15) is 18.2 Å². The van der Waals surface area contributed by atoms with Gasteiger partial charge in [0.2, 0.25) is 5.89 Å². The highest BCUT2D eigenvalue weighted by atomic mass is 19.4. The first-order valence-electron chi connectivity index (χ1n) is 3.58. The van der Waals surface area contributed by atoms with E-state index in [1.807, 2.05) is 0 Å². The monoisotopic (exact) mass is 195 g/mol. The van der Waals surface area contributed by atoms with Crippen LogP contribution in [0.3, 0.4) is 0 Å². The highest BCUT2D eigenvalue weighted by molar-refractivity contribution is 4.90. The van der Waals surface area contributed by atoms with Crippen LogP contribution in [0, 0.1) is 0 Å². The van der Waals surface area contributed by atoms with E-state index in [9.17, 15) is 13.2 Å². The molecular formula is C6H8F3N3O. The van der Waals surface area contributed by atoms with E-state index < -0.39 is 12.0 Å². The van der Waals surface area contributed by atoms with Crippen molar-refractivity contribution in [2.75, 3.05) is 13.6 Å². The maximum Gasteiger partial charge on any atom is 0.455 e. The normalized spacial score (nSPS) is 12.0. The Hall–Kier alpha value is -1.11. The Kier molecular flexibility index (Phi) is 2.86. The van der Waals surface area contributed by atoms with Crippen LogP contribution in [0.25, 0.3) is 0 Å². The smallest absolute Gasteiger partial charge is 0.339 e. The number of aromatic nitrogens is 2. The van der Waals surface area contributed by atoms with Crippen molar-refractivity contribution in [2.45, 2.75) is 12.6 Å². The highest BCUT2D eigenvalue weighted by Gasteiger charge is 2.37. The second-order valence-electron chi connectivity index (χ2n) is 2.36. The summed E-state index contributed by atoms with van der Waals surface area (Å²) in [7, 11) is 1.68. The van der Waals surface area contributed by atoms with Gasteiger partial charge in [0.05, 0.1) is 0 Å². The number of halogens is 3. The van der Waals surface area contributed by atoms with Crippen LogP contribution in [-0.2, 0) is 12.6 Å². The van der Waals surface area contributed by atoms with E-state index in [-0.39, 0.29) is 5.89 Å². The number of rotatable bonds is 3. The maximum absolute atomic E-state index is 11.9. The van der Waals surface area contributed by atoms with Crippen LogP contribution in [-0.4, -0.2) is 23.7 Å². The van der Waals surface area contributed by atoms with Gasteiger partial charge in [-0.15, -0.1) is 0 Å². The Bertz CT molecular complexity index is 270. The Labute approximate surface area is 72.1 Å². The lowest BCUT2D eigenvalue weighted by Gasteiger charge is -1.96. The molecule has 0 saturated carbocycles. The molecule has 13 heavy (non-hydrogen) atoms. The van der Waals surface area contributed by atoms with Crippen molar-refractivity contribution in [2.24, 2.45) is 0 Å². The number of nitrogens with zero attached hydrogens (tertiary/aromatic N) is 2. The number of hydrogen-bond donors (Lipinski definition) is 1. The predicted molar refractivity (Wildman–Crippen MR) is 36.9 cm³/mol. The third-order valence-electron chi connectivity index (χ3n) is 1.31. The molecule has 1 aromatic heterocycles. The Morgan fingerprint density at radius 2 is 2.15 bits per heavy atom. The van der Waals surface area contributed by atoms with Gasteiger partial charge in [0.15, 0.2) is 0 Å². The molecule has 0 aliphatic heterocycles. The summed E-state index contributed by atoms with van der Waals surface area (Å²) in [6.45, 7) is 0.499. The van der Waals surface area contributed by atoms with E-state index in [0.717, 1.165) is 0 Å². The van der Waals surface area contributed by atoms with E-state index >= 15 is 0 Å². The minimum absolute atomic E-state index is 0.0123. The molecule has 1 aromatic rings. The summed E-state index contributed by atoms with van der Waals surface area (Å²) in [4.78, 5) is 3.18. The van der Waals surface area contributed by atoms with E-state index in [0.29, 0.717) is 13.0 Å². The molecule has 1 N–H and O–H groups in total. The van der Waals surface area contributed by atoms with Crippen LogP contribution < -0.4 is 5.32 Å². The summed E-state index contributed by atoms with van der Waals surface area (Å²) < 4.78 is 40.1. The molecule has 0 fully saturated rings. The molecule has 1 heterocycles. The zero-order chi connectivity index (χ0) is 9.90. The first-order valence-corrected chi connectivity index (χ1v) is 3.58. The van der Waals surface area contributed by atoms with Gasteiger partial charge >= 0.3 is 6.18 Å². The summed E-state index contributed by atoms with van der Waals surface area (Å²) in [6, 6.07) is 0. The molecule has 0 amide bonds. The molecule has 74 valence electrons. The fourth-order valence-electron chi connectivity index (χ4n) is 0.703. The zero-order valence-electron chi connectivity index (χ0n) is 6.85. The molecule has 1 rings (SSSR count). The van der Waals surface area contributed by atoms with Crippen LogP contribution >= 0.6 is 0 Å². The molecule has 0 radical (unpaired) electrons. The van der Waals surface area contributed by atoms with Crippen molar-refractivity contribution in [3.8, 4) is 0 Å². The summed E-state index contributed by atoms with van der Waals surface area (Å²) in [6.07, 6.45) is -4.24. The van der Waals surface area contributed by atoms with Gasteiger partial charge in [0, 0.05) is 13.0 Å². The second-order valence-corrected chi connectivity index (χ2v) is 2.36. The van der Waals surface area contributed by atoms with Gasteiger partial charge in [-0.25, -0.2) is 0 Å². The molecular weight excluding hydrogens is 187 g/mol. The van der Waals surface area contributed by atoms with Gasteiger partial charge in [0.1, 0.15) is 0 Å². The summed E-state index contributed by atoms with van der Waals surface area (Å²) >= 11 is 0. The lowest BCUT2D eigenvalue weighted by atomic mass is 10.4. The van der Waals surface area contributed by atoms with Crippen LogP contribution in [0.4, 0.5) is 13.2 Å². The first-order chi connectivity index (χ1) is 6.04. The van der Waals surface area contributed by atoms with Gasteiger partial charge in [-0.05, 0) is 7.05 Å². The third-order valence-corrected chi connectivity index (χ3v) is 1.31. The lowest BCUT2D eigenvalue weighted by molar-refractivity contribution is -0.146. The van der Waals surface area contributed by atoms with E-state index in [1.165, 1.54) is 0 Å². The van der Waals surface area contributed by atoms with E-state index in [1.54, 1.807) is 7.05 Å². The van der Waals surface area contributed by atoms with Crippen molar-refractivity contribution in [3.63, 3.8) is 0 Å². The molecule has 0 spiro atoms. The molecule has 4 nitrogen and oxygen atoms in total. The van der Waals surface area contributed by atoms with E-state index in [4.69, 9.17) is 0 Å². The van der Waals surface area contributed by atoms with Crippen molar-refractivity contribution in [1.82, 2.24) is 15.5 Å². The number of nitrogens with one attached hydrogen (secondary N) is 1. The number of hydrogen-bond acceptors (Lipinski definition) is 4. The number of alkyl halides is 3. The third kappa shape index (κ3) is 2.69. The highest BCUT2D eigenvalue weighted by Crippen LogP contribution is 2.26. The van der Waals surface area contributed by atoms with Gasteiger partial charge in [-0.1, -0.05) is 5.16 Å². The topological polar surface area (TPSA) is 51.0 Å². The Balaban J connectivity index is 2.64. The van der Waals surface area contributed by atoms with Crippen LogP contribution in [0.1, 0.15) is 11.7 Å². The van der Waals surface area contributed by atoms with Crippen molar-refractivity contribution >= 4 is 0 Å². The molecule has 0 atom stereocenters. The lowest BCUT2D eigenvalue weighted by Crippen LogP contribution is -2.11. The minimum Gasteiger partial charge on any atom is -0.339 e. The van der Waals surface area contributed by atoms with Crippen molar-refractivity contribution < 1.29 is 17.7 Å². The molecule has 0 unspecified atom stereocenters. The summed E-state index contributed by atoms with van der Waals surface area (Å²) in [5.41, 5.74) is 0. The quantitative estimate of drug-likeness (QED) is 0.776. The summed E-state index contributed by atoms with van der Waals surface area (Å²) in [5, 5.41) is 5.56. The average Bonchev–Trinajstić information content (AvgIpc) is 2.47. The fourth-order valence-corrected chi connectivity index (χ4v) is 0.703. The van der Waals surface area contributed by atoms with Gasteiger partial charge in [0.25, 0.3) is 5.82 Å². The Morgan fingerprint density at radius 3 is 2.62 bits per heavy atom. The molecule has 0 aliphatic rings. The maximum atomic E-state index is 11.9. The molecule has 0 saturated heterocycles. The standard InChI is InChI=1S/C6H8F3N3O/c1-10-3-2-4-11-5(12-13-4)6(7,8)9/h10H,2-3H2,1H3. The van der Waals surface area contributed by atoms with Crippen LogP contribution in [0.2, 0.25) is 0 Å². The second kappa shape index (κ2) is 3.73. The van der Waals surface area contributed by atoms with Gasteiger partial charge < -0.3 is 9.84 Å². The SMILES string of the molecule is CNCCc1nc(C(F)(F)F)no1. The molecule has 0 aliphatic carbocycles. The zero-order valence-corrected chi connectivity index (χ0v) is 6.85. The Morgan fingerprint density at radius 1 is 1.46 bits per heavy atom. The van der Waals surface area contributed by atoms with Gasteiger partial charge in [-0.3, -0.25) is 0 Å². The van der Waals surface area contributed by atoms with Crippen molar-refractivity contribution in [3.05, 3.63) is 11.7 Å². The predicted octanol–water partition coefficient (Wildman–Crippen LogP) is 0.850. The largest absolute Gasteiger partial charge is 0.455 e. The fraction of sp³-hybridized carbons (Fsp3) is 0.667. The molecule has 0 aromatic carbocycles.